The molecule has 1 aliphatic heterocycles. The number of piperidine rings is 1. The first-order chi connectivity index (χ1) is 12.4. The van der Waals surface area contributed by atoms with Crippen LogP contribution in [0.15, 0.2) is 46.9 Å². The van der Waals surface area contributed by atoms with E-state index in [4.69, 9.17) is 0 Å². The first-order valence-electron chi connectivity index (χ1n) is 8.91. The van der Waals surface area contributed by atoms with Crippen molar-refractivity contribution in [2.75, 3.05) is 18.4 Å². The number of aryl methyl sites for hydroxylation is 1. The van der Waals surface area contributed by atoms with Crippen molar-refractivity contribution >= 4 is 33.4 Å². The van der Waals surface area contributed by atoms with Crippen LogP contribution < -0.4 is 5.32 Å². The maximum Gasteiger partial charge on any atom is 0.255 e. The van der Waals surface area contributed by atoms with E-state index in [1.165, 1.54) is 0 Å². The molecule has 0 atom stereocenters. The Morgan fingerprint density at radius 2 is 1.81 bits per heavy atom. The number of nitrogens with one attached hydrogen (secondary N) is 1. The maximum atomic E-state index is 12.7. The Morgan fingerprint density at radius 3 is 2.50 bits per heavy atom. The molecule has 0 bridgehead atoms. The Balaban J connectivity index is 1.71. The van der Waals surface area contributed by atoms with Gasteiger partial charge in [-0.3, -0.25) is 9.59 Å². The number of carbonyl (C=O) groups is 2. The van der Waals surface area contributed by atoms with Crippen LogP contribution in [-0.2, 0) is 0 Å². The fourth-order valence-electron chi connectivity index (χ4n) is 3.06. The van der Waals surface area contributed by atoms with Gasteiger partial charge in [0.05, 0.1) is 0 Å². The highest BCUT2D eigenvalue weighted by Gasteiger charge is 2.21. The summed E-state index contributed by atoms with van der Waals surface area (Å²) in [5.74, 6) is 0.520. The summed E-state index contributed by atoms with van der Waals surface area (Å²) < 4.78 is 0.897. The molecule has 1 heterocycles. The summed E-state index contributed by atoms with van der Waals surface area (Å²) in [4.78, 5) is 27.1. The molecule has 4 nitrogen and oxygen atoms in total. The molecule has 1 fully saturated rings. The van der Waals surface area contributed by atoms with Crippen LogP contribution in [0.2, 0.25) is 0 Å². The predicted molar refractivity (Wildman–Crippen MR) is 108 cm³/mol. The molecular formula is C21H23BrN2O2. The first-order valence-corrected chi connectivity index (χ1v) is 9.70. The molecule has 2 amide bonds. The lowest BCUT2D eigenvalue weighted by Gasteiger charge is -2.30. The third-order valence-electron chi connectivity index (χ3n) is 4.87. The van der Waals surface area contributed by atoms with Crippen molar-refractivity contribution in [3.63, 3.8) is 0 Å². The highest BCUT2D eigenvalue weighted by molar-refractivity contribution is 9.10. The minimum atomic E-state index is -0.193. The van der Waals surface area contributed by atoms with Gasteiger partial charge in [0.1, 0.15) is 0 Å². The largest absolute Gasteiger partial charge is 0.339 e. The van der Waals surface area contributed by atoms with E-state index in [2.05, 4.69) is 28.2 Å². The molecule has 1 aliphatic rings. The van der Waals surface area contributed by atoms with E-state index < -0.39 is 0 Å². The molecule has 5 heteroatoms. The number of hydrogen-bond donors (Lipinski definition) is 1. The number of rotatable bonds is 3. The van der Waals surface area contributed by atoms with E-state index in [1.54, 1.807) is 36.4 Å². The molecule has 0 radical (unpaired) electrons. The van der Waals surface area contributed by atoms with E-state index in [0.717, 1.165) is 36.0 Å². The first kappa shape index (κ1) is 18.6. The van der Waals surface area contributed by atoms with Crippen molar-refractivity contribution in [1.82, 2.24) is 4.90 Å². The molecule has 1 saturated heterocycles. The standard InChI is InChI=1S/C21H23BrN2O2/c1-14-8-10-24(11-9-14)21(26)17-4-3-5-18(12-17)23-20(25)16-7-6-15(2)19(22)13-16/h3-7,12-14H,8-11H2,1-2H3,(H,23,25). The maximum absolute atomic E-state index is 12.7. The van der Waals surface area contributed by atoms with Gasteiger partial charge in [-0.15, -0.1) is 0 Å². The summed E-state index contributed by atoms with van der Waals surface area (Å²) in [6.07, 6.45) is 2.09. The average molecular weight is 415 g/mol. The minimum absolute atomic E-state index is 0.0334. The van der Waals surface area contributed by atoms with Crippen molar-refractivity contribution in [1.29, 1.82) is 0 Å². The fraction of sp³-hybridized carbons (Fsp3) is 0.333. The van der Waals surface area contributed by atoms with Gasteiger partial charge in [0.15, 0.2) is 0 Å². The molecule has 0 saturated carbocycles. The summed E-state index contributed by atoms with van der Waals surface area (Å²) >= 11 is 3.45. The Kier molecular flexibility index (Phi) is 5.77. The summed E-state index contributed by atoms with van der Waals surface area (Å²) in [6.45, 7) is 5.80. The van der Waals surface area contributed by atoms with Gasteiger partial charge >= 0.3 is 0 Å². The van der Waals surface area contributed by atoms with E-state index in [1.807, 2.05) is 17.9 Å². The number of halogens is 1. The van der Waals surface area contributed by atoms with E-state index in [0.29, 0.717) is 22.7 Å². The Bertz CT molecular complexity index is 827. The fourth-order valence-corrected chi connectivity index (χ4v) is 3.44. The second-order valence-electron chi connectivity index (χ2n) is 6.97. The lowest BCUT2D eigenvalue weighted by Crippen LogP contribution is -2.37. The molecule has 0 aromatic heterocycles. The van der Waals surface area contributed by atoms with Crippen LogP contribution in [0.5, 0.6) is 0 Å². The second-order valence-corrected chi connectivity index (χ2v) is 7.83. The van der Waals surface area contributed by atoms with Crippen LogP contribution in [0.3, 0.4) is 0 Å². The smallest absolute Gasteiger partial charge is 0.255 e. The molecule has 0 spiro atoms. The quantitative estimate of drug-likeness (QED) is 0.777. The van der Waals surface area contributed by atoms with Crippen LogP contribution >= 0.6 is 15.9 Å². The molecule has 0 unspecified atom stereocenters. The SMILES string of the molecule is Cc1ccc(C(=O)Nc2cccc(C(=O)N3CCC(C)CC3)c2)cc1Br. The van der Waals surface area contributed by atoms with Gasteiger partial charge in [-0.1, -0.05) is 35.0 Å². The highest BCUT2D eigenvalue weighted by atomic mass is 79.9. The van der Waals surface area contributed by atoms with Gasteiger partial charge in [-0.2, -0.15) is 0 Å². The minimum Gasteiger partial charge on any atom is -0.339 e. The molecule has 2 aromatic rings. The normalized spacial score (nSPS) is 15.0. The molecule has 3 rings (SSSR count). The lowest BCUT2D eigenvalue weighted by molar-refractivity contribution is 0.0697. The van der Waals surface area contributed by atoms with Crippen molar-refractivity contribution in [2.24, 2.45) is 5.92 Å². The topological polar surface area (TPSA) is 49.4 Å². The summed E-state index contributed by atoms with van der Waals surface area (Å²) in [5, 5.41) is 2.88. The zero-order valence-corrected chi connectivity index (χ0v) is 16.7. The third kappa shape index (κ3) is 4.33. The number of benzene rings is 2. The summed E-state index contributed by atoms with van der Waals surface area (Å²) in [6, 6.07) is 12.7. The second kappa shape index (κ2) is 8.04. The predicted octanol–water partition coefficient (Wildman–Crippen LogP) is 4.88. The Labute approximate surface area is 162 Å². The van der Waals surface area contributed by atoms with Gasteiger partial charge in [-0.25, -0.2) is 0 Å². The number of carbonyl (C=O) groups excluding carboxylic acids is 2. The zero-order valence-electron chi connectivity index (χ0n) is 15.1. The molecule has 136 valence electrons. The monoisotopic (exact) mass is 414 g/mol. The van der Waals surface area contributed by atoms with Crippen LogP contribution in [-0.4, -0.2) is 29.8 Å². The third-order valence-corrected chi connectivity index (χ3v) is 5.73. The van der Waals surface area contributed by atoms with Crippen LogP contribution in [0.1, 0.15) is 46.0 Å². The van der Waals surface area contributed by atoms with Crippen molar-refractivity contribution in [3.05, 3.63) is 63.6 Å². The van der Waals surface area contributed by atoms with Crippen LogP contribution in [0.25, 0.3) is 0 Å². The zero-order chi connectivity index (χ0) is 18.7. The number of anilines is 1. The van der Waals surface area contributed by atoms with Gasteiger partial charge < -0.3 is 10.2 Å². The highest BCUT2D eigenvalue weighted by Crippen LogP contribution is 2.21. The van der Waals surface area contributed by atoms with Crippen LogP contribution in [0, 0.1) is 12.8 Å². The summed E-state index contributed by atoms with van der Waals surface area (Å²) in [7, 11) is 0. The van der Waals surface area contributed by atoms with Gasteiger partial charge in [0, 0.05) is 34.4 Å². The average Bonchev–Trinajstić information content (AvgIpc) is 2.64. The number of nitrogens with zero attached hydrogens (tertiary/aromatic N) is 1. The molecule has 2 aromatic carbocycles. The summed E-state index contributed by atoms with van der Waals surface area (Å²) in [5.41, 5.74) is 2.89. The molecule has 26 heavy (non-hydrogen) atoms. The van der Waals surface area contributed by atoms with Gasteiger partial charge in [-0.05, 0) is 61.6 Å². The van der Waals surface area contributed by atoms with E-state index in [9.17, 15) is 9.59 Å². The van der Waals surface area contributed by atoms with Crippen molar-refractivity contribution < 1.29 is 9.59 Å². The Morgan fingerprint density at radius 1 is 1.08 bits per heavy atom. The molecule has 1 N–H and O–H groups in total. The van der Waals surface area contributed by atoms with Crippen molar-refractivity contribution in [3.8, 4) is 0 Å². The van der Waals surface area contributed by atoms with Crippen LogP contribution in [0.4, 0.5) is 5.69 Å². The number of hydrogen-bond acceptors (Lipinski definition) is 2. The van der Waals surface area contributed by atoms with E-state index >= 15 is 0 Å². The molecular weight excluding hydrogens is 392 g/mol. The number of amides is 2. The molecule has 0 aliphatic carbocycles. The van der Waals surface area contributed by atoms with Gasteiger partial charge in [0.25, 0.3) is 11.8 Å². The van der Waals surface area contributed by atoms with E-state index in [-0.39, 0.29) is 11.8 Å². The number of likely N-dealkylation sites (tertiary alicyclic amines) is 1. The van der Waals surface area contributed by atoms with Gasteiger partial charge in [0.2, 0.25) is 0 Å². The van der Waals surface area contributed by atoms with Crippen molar-refractivity contribution in [2.45, 2.75) is 26.7 Å². The lowest BCUT2D eigenvalue weighted by atomic mass is 9.98. The Hall–Kier alpha value is -2.14.